The summed E-state index contributed by atoms with van der Waals surface area (Å²) in [6.45, 7) is 9.38. The van der Waals surface area contributed by atoms with Crippen LogP contribution in [0.1, 0.15) is 55.9 Å². The Hall–Kier alpha value is -2.15. The highest BCUT2D eigenvalue weighted by Gasteiger charge is 2.62. The van der Waals surface area contributed by atoms with Gasteiger partial charge in [0.15, 0.2) is 11.8 Å². The number of hydrogen-bond acceptors (Lipinski definition) is 0. The Kier molecular flexibility index (Phi) is 2.53. The molecule has 120 valence electrons. The second-order valence-electron chi connectivity index (χ2n) is 8.23. The van der Waals surface area contributed by atoms with Gasteiger partial charge in [-0.1, -0.05) is 54.6 Å². The summed E-state index contributed by atoms with van der Waals surface area (Å²) >= 11 is 0. The van der Waals surface area contributed by atoms with Crippen molar-refractivity contribution in [1.82, 2.24) is 0 Å². The van der Waals surface area contributed by atoms with E-state index in [0.717, 1.165) is 0 Å². The molecule has 3 aliphatic carbocycles. The van der Waals surface area contributed by atoms with Gasteiger partial charge in [0.05, 0.1) is 0 Å². The number of benzene rings is 2. The van der Waals surface area contributed by atoms with Crippen molar-refractivity contribution < 1.29 is 4.58 Å². The molecule has 2 bridgehead atoms. The van der Waals surface area contributed by atoms with Gasteiger partial charge in [-0.25, -0.2) is 4.58 Å². The van der Waals surface area contributed by atoms with Crippen LogP contribution >= 0.6 is 0 Å². The Morgan fingerprint density at radius 2 is 1.42 bits per heavy atom. The lowest BCUT2D eigenvalue weighted by molar-refractivity contribution is -0.608. The van der Waals surface area contributed by atoms with Crippen molar-refractivity contribution in [3.63, 3.8) is 0 Å². The molecule has 0 fully saturated rings. The van der Waals surface area contributed by atoms with Gasteiger partial charge in [-0.15, -0.1) is 0 Å². The number of rotatable bonds is 1. The van der Waals surface area contributed by atoms with E-state index in [-0.39, 0.29) is 11.0 Å². The maximum atomic E-state index is 2.57. The van der Waals surface area contributed by atoms with Crippen LogP contribution in [0.4, 0.5) is 0 Å². The molecule has 0 aromatic heterocycles. The molecule has 24 heavy (non-hydrogen) atoms. The van der Waals surface area contributed by atoms with Gasteiger partial charge < -0.3 is 0 Å². The topological polar surface area (TPSA) is 3.01 Å². The quantitative estimate of drug-likeness (QED) is 0.533. The van der Waals surface area contributed by atoms with Crippen LogP contribution in [0.25, 0.3) is 0 Å². The lowest BCUT2D eigenvalue weighted by Crippen LogP contribution is -2.44. The van der Waals surface area contributed by atoms with Crippen LogP contribution in [0.2, 0.25) is 0 Å². The molecule has 4 aliphatic rings. The van der Waals surface area contributed by atoms with E-state index in [9.17, 15) is 0 Å². The highest BCUT2D eigenvalue weighted by atomic mass is 15.1. The van der Waals surface area contributed by atoms with Crippen LogP contribution in [0.3, 0.4) is 0 Å². The summed E-state index contributed by atoms with van der Waals surface area (Å²) in [5, 5.41) is 0. The van der Waals surface area contributed by atoms with E-state index in [1.165, 1.54) is 22.3 Å². The molecule has 1 heterocycles. The molecule has 6 rings (SSSR count). The third-order valence-electron chi connectivity index (χ3n) is 6.39. The highest BCUT2D eigenvalue weighted by Crippen LogP contribution is 2.60. The molecule has 2 aromatic carbocycles. The minimum atomic E-state index is -0.0876. The Bertz CT molecular complexity index is 879. The van der Waals surface area contributed by atoms with Gasteiger partial charge >= 0.3 is 0 Å². The van der Waals surface area contributed by atoms with Crippen molar-refractivity contribution in [1.29, 1.82) is 0 Å². The fourth-order valence-corrected chi connectivity index (χ4v) is 5.53. The summed E-state index contributed by atoms with van der Waals surface area (Å²) in [5.41, 5.74) is 7.47. The van der Waals surface area contributed by atoms with Gasteiger partial charge in [-0.3, -0.25) is 0 Å². The number of nitrogens with zero attached hydrogens (tertiary/aromatic N) is 1. The Morgan fingerprint density at radius 3 is 1.96 bits per heavy atom. The molecule has 1 nitrogen and oxygen atoms in total. The van der Waals surface area contributed by atoms with Crippen LogP contribution in [-0.4, -0.2) is 22.4 Å². The van der Waals surface area contributed by atoms with E-state index in [2.05, 4.69) is 93.1 Å². The molecule has 1 spiro atoms. The van der Waals surface area contributed by atoms with Crippen molar-refractivity contribution in [2.45, 2.75) is 50.6 Å². The summed E-state index contributed by atoms with van der Waals surface area (Å²) < 4.78 is 2.57. The molecule has 0 amide bonds. The number of hydrogen-bond donors (Lipinski definition) is 0. The molecule has 0 radical (unpaired) electrons. The third-order valence-corrected chi connectivity index (χ3v) is 6.39. The van der Waals surface area contributed by atoms with Crippen molar-refractivity contribution in [3.05, 3.63) is 82.4 Å². The summed E-state index contributed by atoms with van der Waals surface area (Å²) in [5.74, 6) is 0.397. The second-order valence-corrected chi connectivity index (χ2v) is 8.23. The molecular weight excluding hydrogens is 290 g/mol. The van der Waals surface area contributed by atoms with E-state index in [0.29, 0.717) is 12.0 Å². The largest absolute Gasteiger partial charge is 0.227 e. The van der Waals surface area contributed by atoms with Gasteiger partial charge in [0.1, 0.15) is 11.5 Å². The van der Waals surface area contributed by atoms with Crippen molar-refractivity contribution in [2.24, 2.45) is 0 Å². The minimum Gasteiger partial charge on any atom is -0.227 e. The monoisotopic (exact) mass is 314 g/mol. The van der Waals surface area contributed by atoms with Crippen LogP contribution in [-0.2, 0) is 5.41 Å². The second kappa shape index (κ2) is 4.27. The van der Waals surface area contributed by atoms with Crippen LogP contribution in [0, 0.1) is 0 Å². The van der Waals surface area contributed by atoms with Crippen LogP contribution < -0.4 is 0 Å². The molecule has 0 saturated carbocycles. The van der Waals surface area contributed by atoms with E-state index < -0.39 is 0 Å². The molecule has 0 saturated heterocycles. The molecule has 0 atom stereocenters. The first-order chi connectivity index (χ1) is 11.5. The zero-order valence-electron chi connectivity index (χ0n) is 14.9. The van der Waals surface area contributed by atoms with Gasteiger partial charge in [-0.2, -0.15) is 0 Å². The first-order valence-electron chi connectivity index (χ1n) is 9.04. The smallest absolute Gasteiger partial charge is 0.179 e. The van der Waals surface area contributed by atoms with E-state index in [4.69, 9.17) is 0 Å². The minimum absolute atomic E-state index is 0.0491. The van der Waals surface area contributed by atoms with Gasteiger partial charge in [0.25, 0.3) is 0 Å². The summed E-state index contributed by atoms with van der Waals surface area (Å²) in [7, 11) is 0. The normalized spacial score (nSPS) is 28.1. The van der Waals surface area contributed by atoms with Gasteiger partial charge in [0, 0.05) is 25.3 Å². The molecule has 2 aromatic rings. The fraction of sp³-hybridized carbons (Fsp3) is 0.348. The first kappa shape index (κ1) is 14.2. The zero-order chi connectivity index (χ0) is 16.7. The third kappa shape index (κ3) is 1.41. The molecular formula is C23H24N+. The van der Waals surface area contributed by atoms with Crippen LogP contribution in [0.15, 0.2) is 60.2 Å². The lowest BCUT2D eigenvalue weighted by Gasteiger charge is -2.44. The Morgan fingerprint density at radius 1 is 0.875 bits per heavy atom. The molecule has 1 aliphatic heterocycles. The lowest BCUT2D eigenvalue weighted by atomic mass is 9.54. The van der Waals surface area contributed by atoms with Crippen molar-refractivity contribution in [3.8, 4) is 0 Å². The van der Waals surface area contributed by atoms with E-state index >= 15 is 0 Å². The van der Waals surface area contributed by atoms with Gasteiger partial charge in [-0.05, 0) is 36.1 Å². The Labute approximate surface area is 144 Å². The fourth-order valence-electron chi connectivity index (χ4n) is 5.53. The van der Waals surface area contributed by atoms with Gasteiger partial charge in [0.2, 0.25) is 0 Å². The summed E-state index contributed by atoms with van der Waals surface area (Å²) in [6, 6.07) is 18.6. The number of allylic oxidation sites excluding steroid dienone is 1. The van der Waals surface area contributed by atoms with E-state index in [1.54, 1.807) is 5.57 Å². The molecule has 0 N–H and O–H groups in total. The standard InChI is InChI=1S/C23H24N/c1-15(2)24-14-23-19-11-7-5-9-16(19)18(13-21(23)22(24,3)4)17-10-6-8-12-20(17)23/h5-15,18H,1-4H3/q+1. The average Bonchev–Trinajstić information content (AvgIpc) is 2.84. The average molecular weight is 314 g/mol. The maximum absolute atomic E-state index is 2.57. The predicted molar refractivity (Wildman–Crippen MR) is 99.1 cm³/mol. The predicted octanol–water partition coefficient (Wildman–Crippen LogP) is 4.64. The summed E-state index contributed by atoms with van der Waals surface area (Å²) in [6.07, 6.45) is 5.08. The summed E-state index contributed by atoms with van der Waals surface area (Å²) in [4.78, 5) is 0. The maximum Gasteiger partial charge on any atom is 0.179 e. The SMILES string of the molecule is CC(C)[N+]1=CC23C(=CC(c4ccccc42)c2ccccc23)C1(C)C. The zero-order valence-corrected chi connectivity index (χ0v) is 14.9. The van der Waals surface area contributed by atoms with E-state index in [1.807, 2.05) is 0 Å². The molecule has 1 heteroatoms. The first-order valence-corrected chi connectivity index (χ1v) is 9.04. The van der Waals surface area contributed by atoms with Crippen molar-refractivity contribution in [2.75, 3.05) is 0 Å². The Balaban J connectivity index is 1.94. The van der Waals surface area contributed by atoms with Crippen molar-refractivity contribution >= 4 is 6.21 Å². The molecule has 0 unspecified atom stereocenters. The highest BCUT2D eigenvalue weighted by molar-refractivity contribution is 5.90. The van der Waals surface area contributed by atoms with Crippen LogP contribution in [0.5, 0.6) is 0 Å².